The number of aryl methyl sites for hydroxylation is 1. The summed E-state index contributed by atoms with van der Waals surface area (Å²) in [4.78, 5) is 10.1. The molecule has 1 aliphatic carbocycles. The molecule has 0 saturated carbocycles. The van der Waals surface area contributed by atoms with Gasteiger partial charge in [0.25, 0.3) is 0 Å². The molecule has 0 fully saturated rings. The van der Waals surface area contributed by atoms with Crippen LogP contribution >= 0.6 is 0 Å². The number of rotatable bonds is 2. The van der Waals surface area contributed by atoms with E-state index in [1.807, 2.05) is 18.2 Å². The minimum absolute atomic E-state index is 0.796. The van der Waals surface area contributed by atoms with Crippen LogP contribution in [0.25, 0.3) is 33.9 Å². The zero-order chi connectivity index (χ0) is 18.1. The van der Waals surface area contributed by atoms with Gasteiger partial charge in [0.2, 0.25) is 0 Å². The summed E-state index contributed by atoms with van der Waals surface area (Å²) in [6, 6.07) is 29.5. The molecule has 0 atom stereocenters. The summed E-state index contributed by atoms with van der Waals surface area (Å²) in [5.74, 6) is 0.796. The molecular weight excluding hydrogens is 328 g/mol. The Kier molecular flexibility index (Phi) is 4.02. The molecule has 0 aliphatic heterocycles. The second-order valence-electron chi connectivity index (χ2n) is 6.97. The second kappa shape index (κ2) is 6.81. The van der Waals surface area contributed by atoms with Crippen molar-refractivity contribution < 1.29 is 0 Å². The summed E-state index contributed by atoms with van der Waals surface area (Å²) in [6.45, 7) is 0. The summed E-state index contributed by atoms with van der Waals surface area (Å²) in [5.41, 5.74) is 8.28. The number of hydrogen-bond donors (Lipinski definition) is 0. The largest absolute Gasteiger partial charge is 0.228 e. The molecular formula is C25H20N2. The smallest absolute Gasteiger partial charge is 0.160 e. The zero-order valence-electron chi connectivity index (χ0n) is 15.1. The molecule has 0 radical (unpaired) electrons. The van der Waals surface area contributed by atoms with Crippen molar-refractivity contribution in [2.45, 2.75) is 19.3 Å². The fourth-order valence-corrected chi connectivity index (χ4v) is 3.92. The first-order valence-corrected chi connectivity index (χ1v) is 9.50. The molecule has 0 saturated heterocycles. The van der Waals surface area contributed by atoms with Crippen LogP contribution < -0.4 is 0 Å². The number of benzene rings is 3. The lowest BCUT2D eigenvalue weighted by molar-refractivity contribution is 0.831. The maximum absolute atomic E-state index is 5.06. The molecule has 5 rings (SSSR count). The van der Waals surface area contributed by atoms with Gasteiger partial charge in [-0.05, 0) is 24.8 Å². The summed E-state index contributed by atoms with van der Waals surface area (Å²) in [6.07, 6.45) is 3.21. The van der Waals surface area contributed by atoms with E-state index in [0.29, 0.717) is 0 Å². The number of nitrogens with zero attached hydrogens (tertiary/aromatic N) is 2. The van der Waals surface area contributed by atoms with E-state index in [-0.39, 0.29) is 0 Å². The van der Waals surface area contributed by atoms with Crippen LogP contribution in [-0.2, 0) is 12.8 Å². The van der Waals surface area contributed by atoms with Crippen LogP contribution in [0.15, 0.2) is 84.9 Å². The molecule has 130 valence electrons. The van der Waals surface area contributed by atoms with E-state index in [9.17, 15) is 0 Å². The van der Waals surface area contributed by atoms with Crippen molar-refractivity contribution in [2.24, 2.45) is 0 Å². The minimum Gasteiger partial charge on any atom is -0.228 e. The first-order valence-electron chi connectivity index (χ1n) is 9.50. The molecule has 1 aliphatic rings. The molecule has 2 nitrogen and oxygen atoms in total. The van der Waals surface area contributed by atoms with Gasteiger partial charge in [-0.2, -0.15) is 0 Å². The van der Waals surface area contributed by atoms with Crippen molar-refractivity contribution in [3.8, 4) is 33.9 Å². The highest BCUT2D eigenvalue weighted by Gasteiger charge is 2.21. The van der Waals surface area contributed by atoms with Crippen molar-refractivity contribution in [3.05, 3.63) is 96.1 Å². The van der Waals surface area contributed by atoms with Gasteiger partial charge >= 0.3 is 0 Å². The van der Waals surface area contributed by atoms with E-state index in [1.54, 1.807) is 0 Å². The third kappa shape index (κ3) is 2.93. The highest BCUT2D eigenvalue weighted by atomic mass is 14.9. The average Bonchev–Trinajstić information content (AvgIpc) is 2.94. The van der Waals surface area contributed by atoms with Crippen LogP contribution in [0.2, 0.25) is 0 Å². The molecule has 1 aromatic heterocycles. The molecule has 0 spiro atoms. The van der Waals surface area contributed by atoms with Gasteiger partial charge in [0.05, 0.1) is 11.4 Å². The normalized spacial score (nSPS) is 12.7. The van der Waals surface area contributed by atoms with E-state index in [4.69, 9.17) is 9.97 Å². The van der Waals surface area contributed by atoms with Gasteiger partial charge in [-0.25, -0.2) is 9.97 Å². The van der Waals surface area contributed by atoms with Crippen molar-refractivity contribution in [1.82, 2.24) is 9.97 Å². The predicted molar refractivity (Wildman–Crippen MR) is 110 cm³/mol. The Balaban J connectivity index is 1.82. The van der Waals surface area contributed by atoms with Crippen LogP contribution in [-0.4, -0.2) is 9.97 Å². The molecule has 0 amide bonds. The maximum Gasteiger partial charge on any atom is 0.160 e. The van der Waals surface area contributed by atoms with Gasteiger partial charge < -0.3 is 0 Å². The fraction of sp³-hybridized carbons (Fsp3) is 0.120. The zero-order valence-corrected chi connectivity index (χ0v) is 15.1. The monoisotopic (exact) mass is 348 g/mol. The van der Waals surface area contributed by atoms with E-state index < -0.39 is 0 Å². The van der Waals surface area contributed by atoms with Crippen LogP contribution in [0.3, 0.4) is 0 Å². The maximum atomic E-state index is 5.06. The van der Waals surface area contributed by atoms with Gasteiger partial charge in [0.1, 0.15) is 0 Å². The Hall–Kier alpha value is -3.26. The lowest BCUT2D eigenvalue weighted by Crippen LogP contribution is -2.02. The second-order valence-corrected chi connectivity index (χ2v) is 6.97. The van der Waals surface area contributed by atoms with E-state index in [2.05, 4.69) is 66.7 Å². The van der Waals surface area contributed by atoms with Gasteiger partial charge in [-0.3, -0.25) is 0 Å². The quantitative estimate of drug-likeness (QED) is 0.446. The SMILES string of the molecule is c1ccc(-c2nc(-c3ccccc3)c3c(n2)-c2ccccc2CCC3)cc1. The van der Waals surface area contributed by atoms with Crippen molar-refractivity contribution in [1.29, 1.82) is 0 Å². The molecule has 3 aromatic carbocycles. The minimum atomic E-state index is 0.796. The van der Waals surface area contributed by atoms with Gasteiger partial charge in [-0.1, -0.05) is 84.9 Å². The third-order valence-electron chi connectivity index (χ3n) is 5.23. The van der Waals surface area contributed by atoms with Crippen LogP contribution in [0.4, 0.5) is 0 Å². The highest BCUT2D eigenvalue weighted by Crippen LogP contribution is 2.37. The Labute approximate surface area is 159 Å². The average molecular weight is 348 g/mol. The van der Waals surface area contributed by atoms with Crippen molar-refractivity contribution in [2.75, 3.05) is 0 Å². The van der Waals surface area contributed by atoms with Crippen LogP contribution in [0, 0.1) is 0 Å². The lowest BCUT2D eigenvalue weighted by Gasteiger charge is -2.15. The van der Waals surface area contributed by atoms with Crippen molar-refractivity contribution in [3.63, 3.8) is 0 Å². The van der Waals surface area contributed by atoms with Crippen LogP contribution in [0.1, 0.15) is 17.5 Å². The molecule has 27 heavy (non-hydrogen) atoms. The molecule has 4 aromatic rings. The number of hydrogen-bond acceptors (Lipinski definition) is 2. The van der Waals surface area contributed by atoms with Crippen LogP contribution in [0.5, 0.6) is 0 Å². The summed E-state index contributed by atoms with van der Waals surface area (Å²) < 4.78 is 0. The molecule has 0 N–H and O–H groups in total. The summed E-state index contributed by atoms with van der Waals surface area (Å²) in [5, 5.41) is 0. The van der Waals surface area contributed by atoms with Gasteiger partial charge in [0, 0.05) is 22.3 Å². The Bertz CT molecular complexity index is 1090. The number of fused-ring (bicyclic) bond motifs is 3. The molecule has 2 heteroatoms. The molecule has 1 heterocycles. The topological polar surface area (TPSA) is 25.8 Å². The summed E-state index contributed by atoms with van der Waals surface area (Å²) in [7, 11) is 0. The van der Waals surface area contributed by atoms with E-state index in [0.717, 1.165) is 47.6 Å². The van der Waals surface area contributed by atoms with E-state index >= 15 is 0 Å². The van der Waals surface area contributed by atoms with E-state index in [1.165, 1.54) is 16.7 Å². The predicted octanol–water partition coefficient (Wildman–Crippen LogP) is 5.97. The highest BCUT2D eigenvalue weighted by molar-refractivity contribution is 5.78. The first kappa shape index (κ1) is 16.0. The Morgan fingerprint density at radius 2 is 1.19 bits per heavy atom. The number of aromatic nitrogens is 2. The lowest BCUT2D eigenvalue weighted by atomic mass is 9.97. The Morgan fingerprint density at radius 1 is 0.556 bits per heavy atom. The molecule has 0 unspecified atom stereocenters. The summed E-state index contributed by atoms with van der Waals surface area (Å²) >= 11 is 0. The third-order valence-corrected chi connectivity index (χ3v) is 5.23. The first-order chi connectivity index (χ1) is 13.4. The fourth-order valence-electron chi connectivity index (χ4n) is 3.92. The van der Waals surface area contributed by atoms with Gasteiger partial charge in [-0.15, -0.1) is 0 Å². The standard InChI is InChI=1S/C25H20N2/c1-3-11-19(12-4-1)23-22-17-9-15-18-10-7-8-16-21(18)24(22)27-25(26-23)20-13-5-2-6-14-20/h1-8,10-14,16H,9,15,17H2. The molecule has 0 bridgehead atoms. The van der Waals surface area contributed by atoms with Crippen molar-refractivity contribution >= 4 is 0 Å². The van der Waals surface area contributed by atoms with Gasteiger partial charge in [0.15, 0.2) is 5.82 Å². The Morgan fingerprint density at radius 3 is 1.96 bits per heavy atom.